The number of nitrogens with zero attached hydrogens (tertiary/aromatic N) is 4. The normalized spacial score (nSPS) is 18.6. The van der Waals surface area contributed by atoms with E-state index in [4.69, 9.17) is 10.5 Å². The standard InChI is InChI=1S/C13H12FN5OS/c14-10-5-8(15)1-2-9(10)12-18-19-11(7-3-4-20-6-7)16-17-13(19)21-12/h1-2,5,7H,3-4,6,15H2. The van der Waals surface area contributed by atoms with Gasteiger partial charge in [-0.25, -0.2) is 4.39 Å². The van der Waals surface area contributed by atoms with Crippen molar-refractivity contribution in [2.24, 2.45) is 0 Å². The highest BCUT2D eigenvalue weighted by Gasteiger charge is 2.25. The maximum Gasteiger partial charge on any atom is 0.234 e. The quantitative estimate of drug-likeness (QED) is 0.733. The van der Waals surface area contributed by atoms with E-state index in [1.165, 1.54) is 17.4 Å². The molecule has 2 aromatic heterocycles. The molecule has 0 aliphatic carbocycles. The number of nitrogens with two attached hydrogens (primary N) is 1. The molecular formula is C13H12FN5OS. The molecule has 1 fully saturated rings. The van der Waals surface area contributed by atoms with E-state index < -0.39 is 0 Å². The average Bonchev–Trinajstić information content (AvgIpc) is 3.13. The SMILES string of the molecule is Nc1ccc(-c2nn3c(C4CCOC4)nnc3s2)c(F)c1. The highest BCUT2D eigenvalue weighted by molar-refractivity contribution is 7.19. The Morgan fingerprint density at radius 3 is 3.05 bits per heavy atom. The maximum absolute atomic E-state index is 14.0. The minimum Gasteiger partial charge on any atom is -0.399 e. The molecule has 1 atom stereocenters. The van der Waals surface area contributed by atoms with Gasteiger partial charge in [0.2, 0.25) is 4.96 Å². The van der Waals surface area contributed by atoms with E-state index in [0.29, 0.717) is 27.8 Å². The van der Waals surface area contributed by atoms with Crippen molar-refractivity contribution >= 4 is 22.0 Å². The van der Waals surface area contributed by atoms with Gasteiger partial charge in [-0.05, 0) is 24.6 Å². The van der Waals surface area contributed by atoms with Crippen molar-refractivity contribution in [1.82, 2.24) is 19.8 Å². The highest BCUT2D eigenvalue weighted by atomic mass is 32.1. The third-order valence-corrected chi connectivity index (χ3v) is 4.47. The molecule has 21 heavy (non-hydrogen) atoms. The molecule has 0 radical (unpaired) electrons. The summed E-state index contributed by atoms with van der Waals surface area (Å²) in [7, 11) is 0. The molecule has 4 rings (SSSR count). The lowest BCUT2D eigenvalue weighted by atomic mass is 10.1. The first kappa shape index (κ1) is 12.7. The molecule has 1 saturated heterocycles. The largest absolute Gasteiger partial charge is 0.399 e. The lowest BCUT2D eigenvalue weighted by Crippen LogP contribution is -2.04. The van der Waals surface area contributed by atoms with Gasteiger partial charge >= 0.3 is 0 Å². The van der Waals surface area contributed by atoms with Crippen LogP contribution in [0.1, 0.15) is 18.2 Å². The van der Waals surface area contributed by atoms with E-state index in [1.54, 1.807) is 16.6 Å². The van der Waals surface area contributed by atoms with E-state index in [0.717, 1.165) is 18.9 Å². The Labute approximate surface area is 123 Å². The molecular weight excluding hydrogens is 293 g/mol. The van der Waals surface area contributed by atoms with Crippen LogP contribution in [0.2, 0.25) is 0 Å². The third-order valence-electron chi connectivity index (χ3n) is 3.53. The van der Waals surface area contributed by atoms with Crippen LogP contribution in [0.3, 0.4) is 0 Å². The van der Waals surface area contributed by atoms with Crippen LogP contribution in [0, 0.1) is 5.82 Å². The van der Waals surface area contributed by atoms with E-state index >= 15 is 0 Å². The molecule has 0 saturated carbocycles. The number of nitrogen functional groups attached to an aromatic ring is 1. The fraction of sp³-hybridized carbons (Fsp3) is 0.308. The summed E-state index contributed by atoms with van der Waals surface area (Å²) in [6, 6.07) is 4.59. The smallest absolute Gasteiger partial charge is 0.234 e. The highest BCUT2D eigenvalue weighted by Crippen LogP contribution is 2.31. The van der Waals surface area contributed by atoms with Gasteiger partial charge in [-0.3, -0.25) is 0 Å². The molecule has 6 nitrogen and oxygen atoms in total. The van der Waals surface area contributed by atoms with Crippen molar-refractivity contribution in [2.75, 3.05) is 18.9 Å². The first-order valence-corrected chi connectivity index (χ1v) is 7.39. The fourth-order valence-corrected chi connectivity index (χ4v) is 3.31. The zero-order valence-corrected chi connectivity index (χ0v) is 11.8. The summed E-state index contributed by atoms with van der Waals surface area (Å²) < 4.78 is 21.1. The summed E-state index contributed by atoms with van der Waals surface area (Å²) in [5, 5.41) is 13.3. The van der Waals surface area contributed by atoms with Crippen LogP contribution in [0.15, 0.2) is 18.2 Å². The van der Waals surface area contributed by atoms with Gasteiger partial charge in [-0.1, -0.05) is 11.3 Å². The van der Waals surface area contributed by atoms with E-state index in [9.17, 15) is 4.39 Å². The lowest BCUT2D eigenvalue weighted by molar-refractivity contribution is 0.193. The van der Waals surface area contributed by atoms with Crippen molar-refractivity contribution in [1.29, 1.82) is 0 Å². The van der Waals surface area contributed by atoms with E-state index in [-0.39, 0.29) is 11.7 Å². The monoisotopic (exact) mass is 305 g/mol. The molecule has 1 aliphatic heterocycles. The summed E-state index contributed by atoms with van der Waals surface area (Å²) in [4.78, 5) is 0.656. The number of fused-ring (bicyclic) bond motifs is 1. The predicted molar refractivity (Wildman–Crippen MR) is 76.6 cm³/mol. The van der Waals surface area contributed by atoms with Gasteiger partial charge in [0.05, 0.1) is 6.61 Å². The first-order valence-electron chi connectivity index (χ1n) is 6.57. The molecule has 0 bridgehead atoms. The number of hydrogen-bond acceptors (Lipinski definition) is 6. The second-order valence-corrected chi connectivity index (χ2v) is 5.92. The number of benzene rings is 1. The number of hydrogen-bond donors (Lipinski definition) is 1. The summed E-state index contributed by atoms with van der Waals surface area (Å²) in [5.74, 6) is 0.595. The summed E-state index contributed by atoms with van der Waals surface area (Å²) in [5.41, 5.74) is 6.39. The molecule has 0 spiro atoms. The molecule has 1 aliphatic rings. The van der Waals surface area contributed by atoms with Crippen LogP contribution in [-0.2, 0) is 4.74 Å². The molecule has 0 amide bonds. The van der Waals surface area contributed by atoms with Crippen LogP contribution in [0.5, 0.6) is 0 Å². The van der Waals surface area contributed by atoms with Crippen LogP contribution >= 0.6 is 11.3 Å². The lowest BCUT2D eigenvalue weighted by Gasteiger charge is -2.02. The minimum absolute atomic E-state index is 0.200. The van der Waals surface area contributed by atoms with Gasteiger partial charge in [0.25, 0.3) is 0 Å². The summed E-state index contributed by atoms with van der Waals surface area (Å²) in [6.45, 7) is 1.35. The first-order chi connectivity index (χ1) is 10.2. The Bertz CT molecular complexity index is 808. The van der Waals surface area contributed by atoms with Gasteiger partial charge in [0.15, 0.2) is 10.8 Å². The van der Waals surface area contributed by atoms with Crippen LogP contribution < -0.4 is 5.73 Å². The third kappa shape index (κ3) is 2.07. The van der Waals surface area contributed by atoms with Crippen LogP contribution in [0.25, 0.3) is 15.5 Å². The van der Waals surface area contributed by atoms with E-state index in [1.807, 2.05) is 0 Å². The maximum atomic E-state index is 14.0. The van der Waals surface area contributed by atoms with Crippen LogP contribution in [0.4, 0.5) is 10.1 Å². The Morgan fingerprint density at radius 2 is 2.29 bits per heavy atom. The van der Waals surface area contributed by atoms with Gasteiger partial charge in [-0.2, -0.15) is 9.61 Å². The molecule has 1 aromatic carbocycles. The van der Waals surface area contributed by atoms with Crippen molar-refractivity contribution in [3.05, 3.63) is 29.8 Å². The Hall–Kier alpha value is -2.06. The molecule has 1 unspecified atom stereocenters. The van der Waals surface area contributed by atoms with Gasteiger partial charge in [0.1, 0.15) is 5.82 Å². The van der Waals surface area contributed by atoms with Gasteiger partial charge < -0.3 is 10.5 Å². The zero-order chi connectivity index (χ0) is 14.4. The fourth-order valence-electron chi connectivity index (χ4n) is 2.44. The second-order valence-electron chi connectivity index (χ2n) is 4.96. The summed E-state index contributed by atoms with van der Waals surface area (Å²) in [6.07, 6.45) is 0.907. The number of aromatic nitrogens is 4. The van der Waals surface area contributed by atoms with Gasteiger partial charge in [-0.15, -0.1) is 10.2 Å². The second kappa shape index (κ2) is 4.74. The zero-order valence-electron chi connectivity index (χ0n) is 11.0. The molecule has 108 valence electrons. The predicted octanol–water partition coefficient (Wildman–Crippen LogP) is 2.08. The van der Waals surface area contributed by atoms with Crippen molar-refractivity contribution in [3.8, 4) is 10.6 Å². The topological polar surface area (TPSA) is 78.3 Å². The van der Waals surface area contributed by atoms with E-state index in [2.05, 4.69) is 15.3 Å². The van der Waals surface area contributed by atoms with Crippen molar-refractivity contribution in [3.63, 3.8) is 0 Å². The molecule has 3 heterocycles. The Balaban J connectivity index is 1.80. The number of halogens is 1. The number of anilines is 1. The van der Waals surface area contributed by atoms with Gasteiger partial charge in [0, 0.05) is 23.8 Å². The van der Waals surface area contributed by atoms with Crippen LogP contribution in [-0.4, -0.2) is 33.0 Å². The van der Waals surface area contributed by atoms with Crippen molar-refractivity contribution in [2.45, 2.75) is 12.3 Å². The van der Waals surface area contributed by atoms with Crippen molar-refractivity contribution < 1.29 is 9.13 Å². The number of rotatable bonds is 2. The molecule has 2 N–H and O–H groups in total. The average molecular weight is 305 g/mol. The molecule has 8 heteroatoms. The minimum atomic E-state index is -0.384. The molecule has 3 aromatic rings. The number of ether oxygens (including phenoxy) is 1. The summed E-state index contributed by atoms with van der Waals surface area (Å²) >= 11 is 1.31. The Morgan fingerprint density at radius 1 is 1.38 bits per heavy atom. The Kier molecular flexibility index (Phi) is 2.86.